The molecule has 9 heteroatoms. The Labute approximate surface area is 280 Å². The smallest absolute Gasteiger partial charge is 0.391 e. The number of hydrogen-bond donors (Lipinski definition) is 4. The maximum atomic E-state index is 12.6. The van der Waals surface area contributed by atoms with E-state index in [-0.39, 0.29) is 32.1 Å². The van der Waals surface area contributed by atoms with Crippen LogP contribution in [-0.2, 0) is 18.4 Å². The van der Waals surface area contributed by atoms with Crippen LogP contribution in [0.5, 0.6) is 0 Å². The third kappa shape index (κ3) is 30.6. The number of allylic oxidation sites excluding steroid dienone is 12. The first-order valence-corrected chi connectivity index (χ1v) is 19.0. The van der Waals surface area contributed by atoms with E-state index >= 15 is 0 Å². The molecule has 0 aromatic heterocycles. The molecule has 0 fully saturated rings. The number of unbranched alkanes of at least 4 members (excludes halogenated alkanes) is 7. The van der Waals surface area contributed by atoms with Crippen molar-refractivity contribution in [2.24, 2.45) is 5.73 Å². The Morgan fingerprint density at radius 2 is 1.22 bits per heavy atom. The Hall–Kier alpha value is -2.06. The summed E-state index contributed by atoms with van der Waals surface area (Å²) < 4.78 is 21.9. The van der Waals surface area contributed by atoms with Crippen molar-refractivity contribution in [3.63, 3.8) is 0 Å². The molecule has 0 radical (unpaired) electrons. The van der Waals surface area contributed by atoms with Gasteiger partial charge in [-0.3, -0.25) is 13.8 Å². The van der Waals surface area contributed by atoms with Crippen LogP contribution in [0.1, 0.15) is 123 Å². The third-order valence-corrected chi connectivity index (χ3v) is 8.07. The van der Waals surface area contributed by atoms with Gasteiger partial charge in [-0.05, 0) is 51.4 Å². The summed E-state index contributed by atoms with van der Waals surface area (Å²) in [5, 5.41) is 13.6. The van der Waals surface area contributed by atoms with Gasteiger partial charge in [-0.15, -0.1) is 0 Å². The lowest BCUT2D eigenvalue weighted by Crippen LogP contribution is -2.46. The molecule has 264 valence electrons. The maximum absolute atomic E-state index is 12.6. The number of phosphoric acid groups is 1. The molecule has 0 aliphatic carbocycles. The zero-order valence-electron chi connectivity index (χ0n) is 28.8. The van der Waals surface area contributed by atoms with Gasteiger partial charge >= 0.3 is 7.82 Å². The second-order valence-corrected chi connectivity index (χ2v) is 12.8. The highest BCUT2D eigenvalue weighted by atomic mass is 31.2. The minimum Gasteiger partial charge on any atom is -0.391 e. The van der Waals surface area contributed by atoms with Crippen molar-refractivity contribution in [2.75, 3.05) is 19.8 Å². The summed E-state index contributed by atoms with van der Waals surface area (Å²) in [5.41, 5.74) is 5.33. The monoisotopic (exact) mass is 664 g/mol. The normalized spacial score (nSPS) is 15.3. The first kappa shape index (κ1) is 43.9. The molecule has 0 aromatic carbocycles. The number of aliphatic hydroxyl groups is 1. The Morgan fingerprint density at radius 3 is 1.72 bits per heavy atom. The predicted molar refractivity (Wildman–Crippen MR) is 193 cm³/mol. The number of phosphoric ester groups is 1. The predicted octanol–water partition coefficient (Wildman–Crippen LogP) is 8.93. The van der Waals surface area contributed by atoms with Gasteiger partial charge in [0.15, 0.2) is 0 Å². The van der Waals surface area contributed by atoms with Gasteiger partial charge in [0.2, 0.25) is 5.91 Å². The van der Waals surface area contributed by atoms with Crippen LogP contribution in [-0.4, -0.2) is 47.8 Å². The molecule has 0 saturated heterocycles. The summed E-state index contributed by atoms with van der Waals surface area (Å²) >= 11 is 0. The fourth-order valence-electron chi connectivity index (χ4n) is 4.45. The fraction of sp³-hybridized carbons (Fsp3) is 0.649. The third-order valence-electron chi connectivity index (χ3n) is 7.09. The molecule has 0 aliphatic heterocycles. The molecular weight excluding hydrogens is 599 g/mol. The lowest BCUT2D eigenvalue weighted by molar-refractivity contribution is -0.123. The number of rotatable bonds is 31. The Bertz CT molecular complexity index is 944. The number of amides is 1. The SMILES string of the molecule is CC/C=C\C/C=C\C/C=C\C/C=C\C/C=C\C/C=C\CCC(=O)NC(COP(=O)(O)OCCN)C(O)CCCCCCCCCC. The molecule has 8 nitrogen and oxygen atoms in total. The van der Waals surface area contributed by atoms with E-state index in [1.54, 1.807) is 0 Å². The van der Waals surface area contributed by atoms with Gasteiger partial charge in [-0.2, -0.15) is 0 Å². The Kier molecular flexibility index (Phi) is 31.4. The van der Waals surface area contributed by atoms with Crippen LogP contribution in [0.25, 0.3) is 0 Å². The molecule has 0 aromatic rings. The molecule has 0 saturated carbocycles. The van der Waals surface area contributed by atoms with Crippen LogP contribution >= 0.6 is 7.82 Å². The van der Waals surface area contributed by atoms with Crippen LogP contribution < -0.4 is 11.1 Å². The van der Waals surface area contributed by atoms with Gasteiger partial charge in [0.25, 0.3) is 0 Å². The lowest BCUT2D eigenvalue weighted by Gasteiger charge is -2.25. The number of aliphatic hydroxyl groups excluding tert-OH is 1. The van der Waals surface area contributed by atoms with Gasteiger partial charge < -0.3 is 21.1 Å². The van der Waals surface area contributed by atoms with E-state index in [9.17, 15) is 19.4 Å². The maximum Gasteiger partial charge on any atom is 0.472 e. The number of nitrogens with one attached hydrogen (secondary N) is 1. The zero-order valence-corrected chi connectivity index (χ0v) is 29.7. The van der Waals surface area contributed by atoms with Gasteiger partial charge in [0.1, 0.15) is 0 Å². The minimum atomic E-state index is -4.32. The summed E-state index contributed by atoms with van der Waals surface area (Å²) in [7, 11) is -4.32. The standard InChI is InChI=1S/C37H65N2O6P/c1-3-5-7-9-11-13-14-15-16-17-18-19-20-21-22-23-25-27-29-31-37(41)39-35(34-45-46(42,43)44-33-32-38)36(40)30-28-26-24-12-10-8-6-4-2/h5,7,11,13,15-16,18-19,21-22,25,27,35-36,40H,3-4,6,8-10,12,14,17,20,23-24,26,28-34,38H2,1-2H3,(H,39,41)(H,42,43)/b7-5-,13-11-,16-15-,19-18-,22-21-,27-25-. The van der Waals surface area contributed by atoms with Crippen LogP contribution in [0.4, 0.5) is 0 Å². The highest BCUT2D eigenvalue weighted by Crippen LogP contribution is 2.43. The van der Waals surface area contributed by atoms with Crippen LogP contribution in [0.2, 0.25) is 0 Å². The fourth-order valence-corrected chi connectivity index (χ4v) is 5.21. The van der Waals surface area contributed by atoms with Crippen molar-refractivity contribution in [1.82, 2.24) is 5.32 Å². The van der Waals surface area contributed by atoms with E-state index < -0.39 is 20.0 Å². The highest BCUT2D eigenvalue weighted by Gasteiger charge is 2.27. The molecule has 46 heavy (non-hydrogen) atoms. The van der Waals surface area contributed by atoms with Crippen LogP contribution in [0.15, 0.2) is 72.9 Å². The topological polar surface area (TPSA) is 131 Å². The van der Waals surface area contributed by atoms with E-state index in [0.717, 1.165) is 57.8 Å². The van der Waals surface area contributed by atoms with Crippen molar-refractivity contribution < 1.29 is 28.4 Å². The second-order valence-electron chi connectivity index (χ2n) is 11.3. The largest absolute Gasteiger partial charge is 0.472 e. The number of hydrogen-bond acceptors (Lipinski definition) is 6. The molecule has 0 spiro atoms. The summed E-state index contributed by atoms with van der Waals surface area (Å²) in [4.78, 5) is 22.5. The summed E-state index contributed by atoms with van der Waals surface area (Å²) in [6, 6.07) is -0.815. The van der Waals surface area contributed by atoms with Crippen LogP contribution in [0.3, 0.4) is 0 Å². The van der Waals surface area contributed by atoms with Crippen molar-refractivity contribution in [3.05, 3.63) is 72.9 Å². The van der Waals surface area contributed by atoms with E-state index in [0.29, 0.717) is 12.8 Å². The molecule has 0 heterocycles. The van der Waals surface area contributed by atoms with E-state index in [1.165, 1.54) is 32.1 Å². The van der Waals surface area contributed by atoms with Crippen LogP contribution in [0, 0.1) is 0 Å². The number of carbonyl (C=O) groups is 1. The molecule has 0 bridgehead atoms. The first-order valence-electron chi connectivity index (χ1n) is 17.6. The Morgan fingerprint density at radius 1 is 0.739 bits per heavy atom. The molecule has 5 N–H and O–H groups in total. The molecule has 0 rings (SSSR count). The number of nitrogens with two attached hydrogens (primary N) is 1. The van der Waals surface area contributed by atoms with Crippen molar-refractivity contribution >= 4 is 13.7 Å². The lowest BCUT2D eigenvalue weighted by atomic mass is 10.0. The zero-order chi connectivity index (χ0) is 34.0. The summed E-state index contributed by atoms with van der Waals surface area (Å²) in [5.74, 6) is -0.251. The molecule has 3 unspecified atom stereocenters. The van der Waals surface area contributed by atoms with Gasteiger partial charge in [-0.25, -0.2) is 4.57 Å². The van der Waals surface area contributed by atoms with Gasteiger partial charge in [0.05, 0.1) is 25.4 Å². The first-order chi connectivity index (χ1) is 22.4. The molecule has 3 atom stereocenters. The van der Waals surface area contributed by atoms with E-state index in [2.05, 4.69) is 79.9 Å². The van der Waals surface area contributed by atoms with Gasteiger partial charge in [0, 0.05) is 13.0 Å². The summed E-state index contributed by atoms with van der Waals surface area (Å²) in [6.45, 7) is 3.96. The molecular formula is C37H65N2O6P. The van der Waals surface area contributed by atoms with Crippen molar-refractivity contribution in [3.8, 4) is 0 Å². The number of carbonyl (C=O) groups excluding carboxylic acids is 1. The second kappa shape index (κ2) is 32.9. The Balaban J connectivity index is 4.40. The average Bonchev–Trinajstić information content (AvgIpc) is 3.04. The van der Waals surface area contributed by atoms with Crippen molar-refractivity contribution in [1.29, 1.82) is 0 Å². The average molecular weight is 665 g/mol. The quantitative estimate of drug-likeness (QED) is 0.0331. The molecule has 0 aliphatic rings. The minimum absolute atomic E-state index is 0.0732. The van der Waals surface area contributed by atoms with Gasteiger partial charge in [-0.1, -0.05) is 138 Å². The molecule has 1 amide bonds. The summed E-state index contributed by atoms with van der Waals surface area (Å²) in [6.07, 6.45) is 40.8. The highest BCUT2D eigenvalue weighted by molar-refractivity contribution is 7.47. The van der Waals surface area contributed by atoms with E-state index in [4.69, 9.17) is 14.8 Å². The van der Waals surface area contributed by atoms with Crippen molar-refractivity contribution in [2.45, 2.75) is 135 Å². The van der Waals surface area contributed by atoms with E-state index in [1.807, 2.05) is 12.2 Å².